The molecule has 2 heterocycles. The lowest BCUT2D eigenvalue weighted by Crippen LogP contribution is -2.44. The van der Waals surface area contributed by atoms with Crippen LogP contribution in [0.4, 0.5) is 0 Å². The third-order valence-electron chi connectivity index (χ3n) is 4.22. The van der Waals surface area contributed by atoms with Gasteiger partial charge < -0.3 is 20.3 Å². The van der Waals surface area contributed by atoms with Gasteiger partial charge >= 0.3 is 0 Å². The van der Waals surface area contributed by atoms with Crippen molar-refractivity contribution >= 4 is 42.3 Å². The summed E-state index contributed by atoms with van der Waals surface area (Å²) < 4.78 is 5.70. The van der Waals surface area contributed by atoms with Crippen molar-refractivity contribution < 1.29 is 9.53 Å². The number of hydrogen-bond donors (Lipinski definition) is 2. The molecule has 9 heteroatoms. The zero-order valence-corrected chi connectivity index (χ0v) is 17.8. The maximum absolute atomic E-state index is 12.3. The van der Waals surface area contributed by atoms with Crippen LogP contribution in [0.1, 0.15) is 16.8 Å². The van der Waals surface area contributed by atoms with E-state index in [0.29, 0.717) is 28.6 Å². The van der Waals surface area contributed by atoms with Gasteiger partial charge in [0, 0.05) is 50.7 Å². The van der Waals surface area contributed by atoms with Gasteiger partial charge in [-0.3, -0.25) is 9.78 Å². The maximum atomic E-state index is 12.3. The average Bonchev–Trinajstić information content (AvgIpc) is 2.68. The molecular formula is C19H25Cl3N4O2. The van der Waals surface area contributed by atoms with Crippen LogP contribution in [-0.2, 0) is 0 Å². The second-order valence-electron chi connectivity index (χ2n) is 6.13. The molecule has 3 rings (SSSR count). The molecule has 1 aliphatic heterocycles. The number of benzene rings is 1. The molecule has 2 N–H and O–H groups in total. The normalized spacial score (nSPS) is 13.8. The number of nitrogens with zero attached hydrogens (tertiary/aromatic N) is 2. The van der Waals surface area contributed by atoms with Crippen LogP contribution in [0.2, 0.25) is 5.02 Å². The van der Waals surface area contributed by atoms with Gasteiger partial charge in [0.1, 0.15) is 11.5 Å². The quantitative estimate of drug-likeness (QED) is 0.637. The molecule has 1 fully saturated rings. The Hall–Kier alpha value is -1.57. The number of piperazine rings is 1. The van der Waals surface area contributed by atoms with Gasteiger partial charge in [0.25, 0.3) is 5.91 Å². The number of rotatable bonds is 7. The van der Waals surface area contributed by atoms with E-state index >= 15 is 0 Å². The van der Waals surface area contributed by atoms with Crippen molar-refractivity contribution in [3.05, 3.63) is 53.3 Å². The predicted molar refractivity (Wildman–Crippen MR) is 117 cm³/mol. The van der Waals surface area contributed by atoms with Gasteiger partial charge in [0.05, 0.1) is 5.02 Å². The average molecular weight is 448 g/mol. The fourth-order valence-corrected chi connectivity index (χ4v) is 3.02. The van der Waals surface area contributed by atoms with Gasteiger partial charge in [0.2, 0.25) is 0 Å². The van der Waals surface area contributed by atoms with E-state index in [1.807, 2.05) is 0 Å². The minimum atomic E-state index is -0.123. The van der Waals surface area contributed by atoms with Crippen LogP contribution in [0, 0.1) is 0 Å². The van der Waals surface area contributed by atoms with Crippen LogP contribution in [-0.4, -0.2) is 55.1 Å². The van der Waals surface area contributed by atoms with Crippen molar-refractivity contribution in [2.75, 3.05) is 39.3 Å². The maximum Gasteiger partial charge on any atom is 0.251 e. The first-order valence-electron chi connectivity index (χ1n) is 8.81. The summed E-state index contributed by atoms with van der Waals surface area (Å²) in [4.78, 5) is 18.6. The Labute approximate surface area is 182 Å². The van der Waals surface area contributed by atoms with Gasteiger partial charge in [-0.15, -0.1) is 24.8 Å². The van der Waals surface area contributed by atoms with E-state index in [1.165, 1.54) is 0 Å². The molecule has 6 nitrogen and oxygen atoms in total. The van der Waals surface area contributed by atoms with Gasteiger partial charge in [-0.05, 0) is 43.3 Å². The molecule has 0 atom stereocenters. The molecule has 1 aromatic carbocycles. The Bertz CT molecular complexity index is 728. The summed E-state index contributed by atoms with van der Waals surface area (Å²) >= 11 is 6.25. The van der Waals surface area contributed by atoms with E-state index in [1.54, 1.807) is 42.7 Å². The fraction of sp³-hybridized carbons (Fsp3) is 0.368. The lowest BCUT2D eigenvalue weighted by atomic mass is 10.2. The summed E-state index contributed by atoms with van der Waals surface area (Å²) in [6, 6.07) is 8.54. The molecule has 0 radical (unpaired) electrons. The second-order valence-corrected chi connectivity index (χ2v) is 6.54. The molecule has 154 valence electrons. The van der Waals surface area contributed by atoms with Crippen molar-refractivity contribution in [2.45, 2.75) is 6.42 Å². The first-order chi connectivity index (χ1) is 12.7. The Kier molecular flexibility index (Phi) is 11.2. The number of nitrogens with one attached hydrogen (secondary N) is 2. The van der Waals surface area contributed by atoms with Crippen LogP contribution >= 0.6 is 36.4 Å². The largest absolute Gasteiger partial charge is 0.456 e. The summed E-state index contributed by atoms with van der Waals surface area (Å²) in [6.45, 7) is 5.87. The highest BCUT2D eigenvalue weighted by Gasteiger charge is 2.11. The van der Waals surface area contributed by atoms with Gasteiger partial charge in [-0.25, -0.2) is 0 Å². The number of halogens is 3. The molecular weight excluding hydrogens is 423 g/mol. The highest BCUT2D eigenvalue weighted by atomic mass is 35.5. The third-order valence-corrected chi connectivity index (χ3v) is 4.51. The zero-order valence-electron chi connectivity index (χ0n) is 15.4. The summed E-state index contributed by atoms with van der Waals surface area (Å²) in [6.07, 6.45) is 4.22. The molecule has 1 amide bonds. The van der Waals surface area contributed by atoms with Crippen LogP contribution in [0.25, 0.3) is 0 Å². The Morgan fingerprint density at radius 1 is 1.18 bits per heavy atom. The minimum Gasteiger partial charge on any atom is -0.456 e. The number of ether oxygens (including phenoxy) is 1. The minimum absolute atomic E-state index is 0. The second kappa shape index (κ2) is 12.8. The number of carbonyl (C=O) groups excluding carboxylic acids is 1. The number of pyridine rings is 1. The molecule has 1 aliphatic rings. The highest BCUT2D eigenvalue weighted by Crippen LogP contribution is 2.29. The molecule has 0 unspecified atom stereocenters. The number of carbonyl (C=O) groups is 1. The molecule has 0 saturated carbocycles. The topological polar surface area (TPSA) is 66.5 Å². The van der Waals surface area contributed by atoms with Crippen molar-refractivity contribution in [1.82, 2.24) is 20.5 Å². The standard InChI is InChI=1S/C19H23ClN4O2.2ClH/c20-17-14-15(2-3-18(17)26-16-4-7-21-8-5-16)19(25)23-6-1-11-24-12-9-22-10-13-24;;/h2-5,7-8,14,22H,1,6,9-13H2,(H,23,25);2*1H. The Balaban J connectivity index is 0.00000196. The molecule has 0 bridgehead atoms. The highest BCUT2D eigenvalue weighted by molar-refractivity contribution is 6.32. The zero-order chi connectivity index (χ0) is 18.2. The molecule has 2 aromatic rings. The Morgan fingerprint density at radius 3 is 2.57 bits per heavy atom. The van der Waals surface area contributed by atoms with Crippen LogP contribution in [0.3, 0.4) is 0 Å². The Morgan fingerprint density at radius 2 is 1.89 bits per heavy atom. The fourth-order valence-electron chi connectivity index (χ4n) is 2.80. The van der Waals surface area contributed by atoms with Crippen LogP contribution in [0.5, 0.6) is 11.5 Å². The summed E-state index contributed by atoms with van der Waals surface area (Å²) in [5.74, 6) is 1.03. The van der Waals surface area contributed by atoms with Crippen LogP contribution in [0.15, 0.2) is 42.7 Å². The van der Waals surface area contributed by atoms with E-state index in [-0.39, 0.29) is 30.7 Å². The smallest absolute Gasteiger partial charge is 0.251 e. The number of amides is 1. The monoisotopic (exact) mass is 446 g/mol. The molecule has 28 heavy (non-hydrogen) atoms. The first kappa shape index (κ1) is 24.5. The van der Waals surface area contributed by atoms with E-state index in [2.05, 4.69) is 20.5 Å². The molecule has 0 aliphatic carbocycles. The molecule has 0 spiro atoms. The summed E-state index contributed by atoms with van der Waals surface area (Å²) in [5, 5.41) is 6.68. The summed E-state index contributed by atoms with van der Waals surface area (Å²) in [5.41, 5.74) is 0.527. The number of aromatic nitrogens is 1. The number of hydrogen-bond acceptors (Lipinski definition) is 5. The third kappa shape index (κ3) is 7.45. The van der Waals surface area contributed by atoms with E-state index in [0.717, 1.165) is 39.1 Å². The predicted octanol–water partition coefficient (Wildman–Crippen LogP) is 3.40. The molecule has 1 saturated heterocycles. The van der Waals surface area contributed by atoms with Crippen molar-refractivity contribution in [3.63, 3.8) is 0 Å². The van der Waals surface area contributed by atoms with E-state index < -0.39 is 0 Å². The van der Waals surface area contributed by atoms with Crippen LogP contribution < -0.4 is 15.4 Å². The van der Waals surface area contributed by atoms with E-state index in [4.69, 9.17) is 16.3 Å². The lowest BCUT2D eigenvalue weighted by Gasteiger charge is -2.27. The van der Waals surface area contributed by atoms with Gasteiger partial charge in [0.15, 0.2) is 0 Å². The molecule has 1 aromatic heterocycles. The van der Waals surface area contributed by atoms with Gasteiger partial charge in [-0.1, -0.05) is 11.6 Å². The van der Waals surface area contributed by atoms with Gasteiger partial charge in [-0.2, -0.15) is 0 Å². The lowest BCUT2D eigenvalue weighted by molar-refractivity contribution is 0.0951. The summed E-state index contributed by atoms with van der Waals surface area (Å²) in [7, 11) is 0. The van der Waals surface area contributed by atoms with Crippen molar-refractivity contribution in [1.29, 1.82) is 0 Å². The SMILES string of the molecule is Cl.Cl.O=C(NCCCN1CCNCC1)c1ccc(Oc2ccncc2)c(Cl)c1. The van der Waals surface area contributed by atoms with Crippen molar-refractivity contribution in [2.24, 2.45) is 0 Å². The van der Waals surface area contributed by atoms with E-state index in [9.17, 15) is 4.79 Å². The first-order valence-corrected chi connectivity index (χ1v) is 9.19. The van der Waals surface area contributed by atoms with Crippen molar-refractivity contribution in [3.8, 4) is 11.5 Å².